The van der Waals surface area contributed by atoms with Crippen LogP contribution in [0.5, 0.6) is 0 Å². The van der Waals surface area contributed by atoms with E-state index in [9.17, 15) is 33.6 Å². The zero-order valence-electron chi connectivity index (χ0n) is 29.5. The molecule has 0 unspecified atom stereocenters. The average molecular weight is 751 g/mol. The monoisotopic (exact) mass is 750 g/mol. The van der Waals surface area contributed by atoms with Crippen LogP contribution in [0.4, 0.5) is 5.88 Å². The van der Waals surface area contributed by atoms with Crippen molar-refractivity contribution in [1.29, 1.82) is 0 Å². The van der Waals surface area contributed by atoms with Crippen molar-refractivity contribution in [3.05, 3.63) is 64.8 Å². The van der Waals surface area contributed by atoms with E-state index in [0.717, 1.165) is 11.1 Å². The zero-order valence-corrected chi connectivity index (χ0v) is 29.5. The molecule has 1 aliphatic rings. The number of nitrogens with one attached hydrogen (secondary N) is 3. The number of esters is 1. The van der Waals surface area contributed by atoms with Gasteiger partial charge in [-0.1, -0.05) is 42.5 Å². The molecule has 0 radical (unpaired) electrons. The highest BCUT2D eigenvalue weighted by Gasteiger charge is 2.38. The second kappa shape index (κ2) is 19.6. The van der Waals surface area contributed by atoms with E-state index in [-0.39, 0.29) is 61.1 Å². The first-order valence-electron chi connectivity index (χ1n) is 17.2. The fraction of sp³-hybridized carbons (Fsp3) is 0.389. The number of para-hydroxylation sites is 1. The molecule has 0 saturated carbocycles. The molecule has 54 heavy (non-hydrogen) atoms. The van der Waals surface area contributed by atoms with E-state index in [1.807, 2.05) is 36.4 Å². The molecule has 2 atom stereocenters. The number of fused-ring (bicyclic) bond motifs is 1. The number of hydrogen-bond acceptors (Lipinski definition) is 11. The summed E-state index contributed by atoms with van der Waals surface area (Å²) in [6.45, 7) is 0.666. The molecule has 18 nitrogen and oxygen atoms in total. The minimum Gasteiger partial charge on any atom is -0.481 e. The molecule has 0 bridgehead atoms. The van der Waals surface area contributed by atoms with Gasteiger partial charge in [-0.3, -0.25) is 33.8 Å². The van der Waals surface area contributed by atoms with Gasteiger partial charge in [0, 0.05) is 18.5 Å². The van der Waals surface area contributed by atoms with Crippen molar-refractivity contribution < 1.29 is 47.8 Å². The number of carbonyl (C=O) groups excluding carboxylic acids is 5. The number of aldehydes is 1. The van der Waals surface area contributed by atoms with Crippen LogP contribution in [0.1, 0.15) is 32.1 Å². The summed E-state index contributed by atoms with van der Waals surface area (Å²) in [7, 11) is 0. The minimum absolute atomic E-state index is 0.0121. The number of hydrogen-bond donors (Lipinski definition) is 6. The largest absolute Gasteiger partial charge is 0.481 e. The van der Waals surface area contributed by atoms with Crippen LogP contribution in [0.3, 0.4) is 0 Å². The summed E-state index contributed by atoms with van der Waals surface area (Å²) < 4.78 is 17.6. The number of carboxylic acids is 1. The van der Waals surface area contributed by atoms with Crippen LogP contribution in [-0.4, -0.2) is 105 Å². The van der Waals surface area contributed by atoms with Crippen LogP contribution in [-0.2, 0) is 38.2 Å². The number of carboxylic acid groups (broad SMARTS) is 1. The first kappa shape index (κ1) is 40.6. The number of morpholine rings is 1. The molecule has 2 heterocycles. The second-order valence-electron chi connectivity index (χ2n) is 12.5. The van der Waals surface area contributed by atoms with Crippen molar-refractivity contribution in [2.75, 3.05) is 46.1 Å². The highest BCUT2D eigenvalue weighted by atomic mass is 16.6. The lowest BCUT2D eigenvalue weighted by Gasteiger charge is -2.37. The van der Waals surface area contributed by atoms with E-state index in [4.69, 9.17) is 30.5 Å². The van der Waals surface area contributed by atoms with Crippen molar-refractivity contribution in [1.82, 2.24) is 20.4 Å². The lowest BCUT2D eigenvalue weighted by molar-refractivity contribution is -0.151. The van der Waals surface area contributed by atoms with E-state index in [2.05, 4.69) is 20.9 Å². The smallest absolute Gasteiger partial charge is 0.310 e. The highest BCUT2D eigenvalue weighted by Crippen LogP contribution is 2.33. The van der Waals surface area contributed by atoms with Gasteiger partial charge in [0.25, 0.3) is 0 Å². The third kappa shape index (κ3) is 11.7. The number of nitrogens with zero attached hydrogens (tertiary/aromatic N) is 2. The molecule has 0 aliphatic carbocycles. The number of rotatable bonds is 19. The standard InChI is InChI=1S/C36H43N7O11/c37-36(38)39-13-5-10-27(35(51)40-20-30(47)41-24(21-44)18-32(48)49)42-29(46)11-12-33(50)53-22-43(14-16-52-17-15-43)31-19-28(45)26-9-4-8-25(34(26)54-31)23-6-2-1-3-7-23/h1-4,6-9,19,21,24,27H,5,10-18,20,22H2,(H7-,37,38,39,40,41,42,46,47,48,49,51)/p+1/t24-,27-/m0/s1. The molecule has 8 N–H and O–H groups in total. The van der Waals surface area contributed by atoms with Gasteiger partial charge in [0.1, 0.15) is 25.4 Å². The number of ether oxygens (including phenoxy) is 2. The Kier molecular flexibility index (Phi) is 14.8. The Morgan fingerprint density at radius 3 is 2.41 bits per heavy atom. The fourth-order valence-corrected chi connectivity index (χ4v) is 5.74. The molecule has 0 spiro atoms. The first-order valence-corrected chi connectivity index (χ1v) is 17.2. The summed E-state index contributed by atoms with van der Waals surface area (Å²) in [4.78, 5) is 90.2. The Labute approximate surface area is 309 Å². The van der Waals surface area contributed by atoms with Crippen molar-refractivity contribution in [2.45, 2.75) is 44.2 Å². The van der Waals surface area contributed by atoms with E-state index in [0.29, 0.717) is 43.2 Å². The summed E-state index contributed by atoms with van der Waals surface area (Å²) in [6.07, 6.45) is -0.750. The maximum absolute atomic E-state index is 13.3. The van der Waals surface area contributed by atoms with Crippen LogP contribution in [0.25, 0.3) is 22.1 Å². The number of aliphatic imine (C=N–C) groups is 1. The summed E-state index contributed by atoms with van der Waals surface area (Å²) in [5, 5.41) is 16.3. The van der Waals surface area contributed by atoms with Gasteiger partial charge in [0.05, 0.1) is 50.1 Å². The molecular weight excluding hydrogens is 706 g/mol. The van der Waals surface area contributed by atoms with E-state index >= 15 is 0 Å². The quantitative estimate of drug-likeness (QED) is 0.0233. The molecule has 288 valence electrons. The van der Waals surface area contributed by atoms with E-state index in [1.165, 1.54) is 6.07 Å². The van der Waals surface area contributed by atoms with Crippen molar-refractivity contribution in [3.63, 3.8) is 0 Å². The Morgan fingerprint density at radius 1 is 0.981 bits per heavy atom. The van der Waals surface area contributed by atoms with Gasteiger partial charge in [-0.05, 0) is 24.5 Å². The Hall–Kier alpha value is -6.14. The SMILES string of the molecule is NC(N)=NCCC[C@H](NC(=O)CCC(=O)OC[N+]1(c2cc(=O)c3cccc(-c4ccccc4)c3o2)CCOCC1)C(=O)NCC(=O)N[C@H](C=O)CC(=O)O. The van der Waals surface area contributed by atoms with Gasteiger partial charge in [0.2, 0.25) is 24.5 Å². The predicted molar refractivity (Wildman–Crippen MR) is 196 cm³/mol. The summed E-state index contributed by atoms with van der Waals surface area (Å²) in [5.74, 6) is -4.11. The topological polar surface area (TPSA) is 272 Å². The van der Waals surface area contributed by atoms with Crippen molar-refractivity contribution in [3.8, 4) is 11.1 Å². The average Bonchev–Trinajstić information content (AvgIpc) is 3.16. The molecule has 4 rings (SSSR count). The molecule has 2 aromatic carbocycles. The fourth-order valence-electron chi connectivity index (χ4n) is 5.74. The van der Waals surface area contributed by atoms with Crippen LogP contribution in [0.2, 0.25) is 0 Å². The van der Waals surface area contributed by atoms with Gasteiger partial charge < -0.3 is 51.2 Å². The maximum Gasteiger partial charge on any atom is 0.310 e. The maximum atomic E-state index is 13.3. The molecule has 3 amide bonds. The lowest BCUT2D eigenvalue weighted by Crippen LogP contribution is -2.58. The van der Waals surface area contributed by atoms with Crippen molar-refractivity contribution in [2.24, 2.45) is 16.5 Å². The predicted octanol–water partition coefficient (Wildman–Crippen LogP) is -0.109. The van der Waals surface area contributed by atoms with E-state index in [1.54, 1.807) is 12.1 Å². The molecule has 1 aromatic heterocycles. The Balaban J connectivity index is 1.39. The number of aliphatic carboxylic acids is 1. The molecule has 1 aliphatic heterocycles. The van der Waals surface area contributed by atoms with Crippen LogP contribution in [0.15, 0.2) is 68.8 Å². The summed E-state index contributed by atoms with van der Waals surface area (Å²) in [5.41, 5.74) is 12.4. The number of quaternary nitrogens is 1. The summed E-state index contributed by atoms with van der Waals surface area (Å²) >= 11 is 0. The van der Waals surface area contributed by atoms with Crippen LogP contribution >= 0.6 is 0 Å². The van der Waals surface area contributed by atoms with E-state index < -0.39 is 54.7 Å². The molecule has 1 fully saturated rings. The molecule has 3 aromatic rings. The minimum atomic E-state index is -1.30. The number of guanidine groups is 1. The molecule has 1 saturated heterocycles. The normalized spacial score (nSPS) is 14.5. The zero-order chi connectivity index (χ0) is 39.1. The Morgan fingerprint density at radius 2 is 1.72 bits per heavy atom. The second-order valence-corrected chi connectivity index (χ2v) is 12.5. The van der Waals surface area contributed by atoms with Crippen LogP contribution < -0.4 is 37.3 Å². The first-order chi connectivity index (χ1) is 25.9. The van der Waals surface area contributed by atoms with Gasteiger partial charge in [0.15, 0.2) is 17.0 Å². The number of nitrogens with two attached hydrogens (primary N) is 2. The van der Waals surface area contributed by atoms with Gasteiger partial charge in [-0.15, -0.1) is 0 Å². The third-order valence-corrected chi connectivity index (χ3v) is 8.58. The van der Waals surface area contributed by atoms with Crippen molar-refractivity contribution >= 4 is 58.8 Å². The number of carbonyl (C=O) groups is 6. The van der Waals surface area contributed by atoms with Gasteiger partial charge in [-0.25, -0.2) is 4.48 Å². The number of benzene rings is 2. The Bertz CT molecular complexity index is 1910. The summed E-state index contributed by atoms with van der Waals surface area (Å²) in [6, 6.07) is 13.8. The van der Waals surface area contributed by atoms with Gasteiger partial charge >= 0.3 is 17.8 Å². The molecular formula is C36H44N7O11+. The van der Waals surface area contributed by atoms with Gasteiger partial charge in [-0.2, -0.15) is 0 Å². The number of amides is 3. The third-order valence-electron chi connectivity index (χ3n) is 8.58. The van der Waals surface area contributed by atoms with Crippen LogP contribution in [0, 0.1) is 0 Å². The molecule has 18 heteroatoms. The lowest BCUT2D eigenvalue weighted by atomic mass is 10.0. The highest BCUT2D eigenvalue weighted by molar-refractivity contribution is 5.93.